The van der Waals surface area contributed by atoms with Gasteiger partial charge in [0.2, 0.25) is 11.7 Å². The summed E-state index contributed by atoms with van der Waals surface area (Å²) in [5.41, 5.74) is 1.75. The Morgan fingerprint density at radius 1 is 1.26 bits per heavy atom. The Kier molecular flexibility index (Phi) is 4.68. The zero-order valence-corrected chi connectivity index (χ0v) is 16.0. The van der Waals surface area contributed by atoms with Crippen LogP contribution in [0.25, 0.3) is 0 Å². The van der Waals surface area contributed by atoms with Crippen molar-refractivity contribution < 1.29 is 14.1 Å². The first-order valence-electron chi connectivity index (χ1n) is 9.19. The number of carbonyl (C=O) groups excluding carboxylic acids is 2. The Hall–Kier alpha value is -2.34. The van der Waals surface area contributed by atoms with Crippen LogP contribution in [0.3, 0.4) is 0 Å². The minimum Gasteiger partial charge on any atom is -0.351 e. The summed E-state index contributed by atoms with van der Waals surface area (Å²) >= 11 is 5.94. The number of nitrogens with zero attached hydrogens (tertiary/aromatic N) is 3. The van der Waals surface area contributed by atoms with Crippen LogP contribution in [-0.4, -0.2) is 46.4 Å². The molecule has 0 atom stereocenters. The molecule has 2 aliphatic heterocycles. The number of aromatic nitrogens is 1. The van der Waals surface area contributed by atoms with Crippen LogP contribution < -0.4 is 0 Å². The third-order valence-electron chi connectivity index (χ3n) is 5.64. The molecule has 3 heterocycles. The predicted molar refractivity (Wildman–Crippen MR) is 100 cm³/mol. The Labute approximate surface area is 163 Å². The highest BCUT2D eigenvalue weighted by Gasteiger charge is 2.45. The second kappa shape index (κ2) is 7.00. The summed E-state index contributed by atoms with van der Waals surface area (Å²) in [4.78, 5) is 28.8. The molecule has 1 spiro atoms. The maximum Gasteiger partial charge on any atom is 0.292 e. The van der Waals surface area contributed by atoms with E-state index in [0.717, 1.165) is 24.9 Å². The number of hydrogen-bond acceptors (Lipinski definition) is 4. The summed E-state index contributed by atoms with van der Waals surface area (Å²) in [5.74, 6) is 0.360. The minimum absolute atomic E-state index is 0.0301. The number of halogens is 1. The third-order valence-corrected chi connectivity index (χ3v) is 5.89. The summed E-state index contributed by atoms with van der Waals surface area (Å²) in [5, 5.41) is 4.48. The molecule has 0 aliphatic carbocycles. The maximum atomic E-state index is 12.6. The number of rotatable bonds is 3. The van der Waals surface area contributed by atoms with E-state index >= 15 is 0 Å². The molecule has 0 bridgehead atoms. The molecule has 4 rings (SSSR count). The quantitative estimate of drug-likeness (QED) is 0.810. The Morgan fingerprint density at radius 3 is 2.59 bits per heavy atom. The summed E-state index contributed by atoms with van der Waals surface area (Å²) in [7, 11) is 0. The van der Waals surface area contributed by atoms with Crippen molar-refractivity contribution >= 4 is 23.4 Å². The fourth-order valence-electron chi connectivity index (χ4n) is 4.08. The largest absolute Gasteiger partial charge is 0.351 e. The lowest BCUT2D eigenvalue weighted by Crippen LogP contribution is -2.44. The number of piperidine rings is 1. The van der Waals surface area contributed by atoms with Crippen molar-refractivity contribution in [3.8, 4) is 0 Å². The molecule has 0 unspecified atom stereocenters. The van der Waals surface area contributed by atoms with Crippen molar-refractivity contribution in [2.75, 3.05) is 19.6 Å². The second-order valence-electron chi connectivity index (χ2n) is 7.68. The number of benzene rings is 1. The molecule has 27 heavy (non-hydrogen) atoms. The van der Waals surface area contributed by atoms with Crippen LogP contribution in [0.4, 0.5) is 0 Å². The van der Waals surface area contributed by atoms with Gasteiger partial charge in [-0.15, -0.1) is 0 Å². The summed E-state index contributed by atoms with van der Waals surface area (Å²) in [6.45, 7) is 4.43. The van der Waals surface area contributed by atoms with Gasteiger partial charge in [-0.1, -0.05) is 28.9 Å². The van der Waals surface area contributed by atoms with Crippen molar-refractivity contribution in [3.63, 3.8) is 0 Å². The smallest absolute Gasteiger partial charge is 0.292 e. The molecule has 0 radical (unpaired) electrons. The van der Waals surface area contributed by atoms with E-state index in [2.05, 4.69) is 5.16 Å². The molecule has 7 heteroatoms. The molecule has 0 saturated carbocycles. The standard InChI is InChI=1S/C20H22ClN3O3/c1-14-10-17(27-22-14)19(26)23-8-6-20(7-9-23)11-18(25)24(13-20)12-15-2-4-16(21)5-3-15/h2-5,10H,6-9,11-13H2,1H3. The van der Waals surface area contributed by atoms with Gasteiger partial charge in [0, 0.05) is 49.1 Å². The first-order valence-corrected chi connectivity index (χ1v) is 9.57. The monoisotopic (exact) mass is 387 g/mol. The van der Waals surface area contributed by atoms with Crippen LogP contribution in [0, 0.1) is 12.3 Å². The number of amides is 2. The SMILES string of the molecule is Cc1cc(C(=O)N2CCC3(CC2)CC(=O)N(Cc2ccc(Cl)cc2)C3)on1. The lowest BCUT2D eigenvalue weighted by Gasteiger charge is -2.38. The van der Waals surface area contributed by atoms with Crippen LogP contribution in [0.5, 0.6) is 0 Å². The topological polar surface area (TPSA) is 66.7 Å². The van der Waals surface area contributed by atoms with E-state index in [-0.39, 0.29) is 23.0 Å². The Bertz CT molecular complexity index is 854. The molecule has 6 nitrogen and oxygen atoms in total. The van der Waals surface area contributed by atoms with E-state index in [9.17, 15) is 9.59 Å². The van der Waals surface area contributed by atoms with Gasteiger partial charge in [0.1, 0.15) is 0 Å². The average Bonchev–Trinajstić information content (AvgIpc) is 3.21. The normalized spacial score (nSPS) is 19.1. The predicted octanol–water partition coefficient (Wildman–Crippen LogP) is 3.29. The third kappa shape index (κ3) is 3.72. The van der Waals surface area contributed by atoms with Crippen LogP contribution in [-0.2, 0) is 11.3 Å². The van der Waals surface area contributed by atoms with Crippen LogP contribution in [0.15, 0.2) is 34.9 Å². The molecule has 0 N–H and O–H groups in total. The van der Waals surface area contributed by atoms with E-state index in [0.29, 0.717) is 36.8 Å². The van der Waals surface area contributed by atoms with Crippen molar-refractivity contribution in [1.82, 2.24) is 15.0 Å². The second-order valence-corrected chi connectivity index (χ2v) is 8.11. The van der Waals surface area contributed by atoms with Gasteiger partial charge < -0.3 is 14.3 Å². The summed E-state index contributed by atoms with van der Waals surface area (Å²) in [6.07, 6.45) is 2.22. The van der Waals surface area contributed by atoms with Gasteiger partial charge in [0.05, 0.1) is 5.69 Å². The van der Waals surface area contributed by atoms with E-state index in [4.69, 9.17) is 16.1 Å². The fourth-order valence-corrected chi connectivity index (χ4v) is 4.20. The van der Waals surface area contributed by atoms with Gasteiger partial charge in [0.15, 0.2) is 0 Å². The lowest BCUT2D eigenvalue weighted by molar-refractivity contribution is -0.128. The summed E-state index contributed by atoms with van der Waals surface area (Å²) < 4.78 is 5.09. The highest BCUT2D eigenvalue weighted by Crippen LogP contribution is 2.41. The first kappa shape index (κ1) is 18.0. The average molecular weight is 388 g/mol. The van der Waals surface area contributed by atoms with Crippen LogP contribution in [0.1, 0.15) is 41.1 Å². The molecule has 2 amide bonds. The van der Waals surface area contributed by atoms with Crippen molar-refractivity contribution in [2.45, 2.75) is 32.7 Å². The van der Waals surface area contributed by atoms with Gasteiger partial charge in [-0.3, -0.25) is 9.59 Å². The molecular formula is C20H22ClN3O3. The Morgan fingerprint density at radius 2 is 1.96 bits per heavy atom. The van der Waals surface area contributed by atoms with E-state index in [1.807, 2.05) is 29.2 Å². The molecule has 2 fully saturated rings. The molecular weight excluding hydrogens is 366 g/mol. The van der Waals surface area contributed by atoms with Crippen LogP contribution in [0.2, 0.25) is 5.02 Å². The van der Waals surface area contributed by atoms with Crippen molar-refractivity contribution in [2.24, 2.45) is 5.41 Å². The molecule has 2 aliphatic rings. The van der Waals surface area contributed by atoms with Gasteiger partial charge >= 0.3 is 0 Å². The zero-order valence-electron chi connectivity index (χ0n) is 15.3. The highest BCUT2D eigenvalue weighted by molar-refractivity contribution is 6.30. The number of carbonyl (C=O) groups is 2. The van der Waals surface area contributed by atoms with Gasteiger partial charge in [-0.2, -0.15) is 0 Å². The molecule has 2 saturated heterocycles. The van der Waals surface area contributed by atoms with Crippen molar-refractivity contribution in [3.05, 3.63) is 52.4 Å². The lowest BCUT2D eigenvalue weighted by atomic mass is 9.77. The minimum atomic E-state index is -0.118. The van der Waals surface area contributed by atoms with E-state index in [1.165, 1.54) is 0 Å². The van der Waals surface area contributed by atoms with Crippen LogP contribution >= 0.6 is 11.6 Å². The van der Waals surface area contributed by atoms with Gasteiger partial charge in [-0.05, 0) is 37.5 Å². The van der Waals surface area contributed by atoms with E-state index in [1.54, 1.807) is 17.9 Å². The van der Waals surface area contributed by atoms with Gasteiger partial charge in [0.25, 0.3) is 5.91 Å². The van der Waals surface area contributed by atoms with Crippen molar-refractivity contribution in [1.29, 1.82) is 0 Å². The van der Waals surface area contributed by atoms with Gasteiger partial charge in [-0.25, -0.2) is 0 Å². The highest BCUT2D eigenvalue weighted by atomic mass is 35.5. The number of hydrogen-bond donors (Lipinski definition) is 0. The molecule has 1 aromatic heterocycles. The maximum absolute atomic E-state index is 12.6. The zero-order chi connectivity index (χ0) is 19.0. The summed E-state index contributed by atoms with van der Waals surface area (Å²) in [6, 6.07) is 9.28. The Balaban J connectivity index is 1.37. The molecule has 142 valence electrons. The fraction of sp³-hybridized carbons (Fsp3) is 0.450. The molecule has 2 aromatic rings. The number of aryl methyl sites for hydroxylation is 1. The van der Waals surface area contributed by atoms with E-state index < -0.39 is 0 Å². The number of likely N-dealkylation sites (tertiary alicyclic amines) is 2. The first-order chi connectivity index (χ1) is 12.9. The molecule has 1 aromatic carbocycles.